The summed E-state index contributed by atoms with van der Waals surface area (Å²) < 4.78 is 0. The zero-order valence-electron chi connectivity index (χ0n) is 24.2. The largest absolute Gasteiger partial charge is 0.233 e. The summed E-state index contributed by atoms with van der Waals surface area (Å²) in [7, 11) is 0. The standard InChI is InChI=1S/C38H30N4/c1-23-21-24(2)40-37(39-23)29-17-13-27(14-18-29)35-31-9-5-7-11-33(31)36(34-12-8-6-10-32(34)35)28-15-19-30(20-16-28)38-41-25(3)22-26(4)42-38/h5-22H,1-4H3. The summed E-state index contributed by atoms with van der Waals surface area (Å²) in [5.41, 5.74) is 10.7. The maximum atomic E-state index is 4.67. The van der Waals surface area contributed by atoms with E-state index in [1.54, 1.807) is 0 Å². The number of hydrogen-bond donors (Lipinski definition) is 0. The van der Waals surface area contributed by atoms with E-state index in [2.05, 4.69) is 117 Å². The van der Waals surface area contributed by atoms with Gasteiger partial charge in [-0.2, -0.15) is 0 Å². The molecule has 0 amide bonds. The highest BCUT2D eigenvalue weighted by atomic mass is 14.9. The van der Waals surface area contributed by atoms with Crippen LogP contribution in [-0.2, 0) is 0 Å². The minimum Gasteiger partial charge on any atom is -0.233 e. The fourth-order valence-corrected chi connectivity index (χ4v) is 6.03. The first-order valence-electron chi connectivity index (χ1n) is 14.2. The normalized spacial score (nSPS) is 11.3. The van der Waals surface area contributed by atoms with Crippen LogP contribution in [0.15, 0.2) is 109 Å². The molecule has 0 fully saturated rings. The van der Waals surface area contributed by atoms with E-state index in [1.807, 2.05) is 39.8 Å². The average molecular weight is 543 g/mol. The Morgan fingerprint density at radius 2 is 0.595 bits per heavy atom. The second-order valence-corrected chi connectivity index (χ2v) is 10.9. The van der Waals surface area contributed by atoms with Gasteiger partial charge in [-0.15, -0.1) is 0 Å². The van der Waals surface area contributed by atoms with Gasteiger partial charge in [-0.05, 0) is 83.6 Å². The number of fused-ring (bicyclic) bond motifs is 2. The number of hydrogen-bond acceptors (Lipinski definition) is 4. The second-order valence-electron chi connectivity index (χ2n) is 10.9. The first-order chi connectivity index (χ1) is 20.4. The minimum absolute atomic E-state index is 0.763. The van der Waals surface area contributed by atoms with E-state index in [0.717, 1.165) is 45.6 Å². The van der Waals surface area contributed by atoms with Crippen LogP contribution < -0.4 is 0 Å². The summed E-state index contributed by atoms with van der Waals surface area (Å²) in [6, 6.07) is 38.8. The van der Waals surface area contributed by atoms with Gasteiger partial charge in [0, 0.05) is 33.9 Å². The van der Waals surface area contributed by atoms with Crippen LogP contribution in [0.25, 0.3) is 66.6 Å². The highest BCUT2D eigenvalue weighted by Gasteiger charge is 2.17. The molecule has 0 N–H and O–H groups in total. The Balaban J connectivity index is 1.39. The molecule has 2 heterocycles. The summed E-state index contributed by atoms with van der Waals surface area (Å²) in [6.45, 7) is 8.04. The fraction of sp³-hybridized carbons (Fsp3) is 0.105. The van der Waals surface area contributed by atoms with E-state index in [-0.39, 0.29) is 0 Å². The molecule has 7 rings (SSSR count). The van der Waals surface area contributed by atoms with E-state index in [9.17, 15) is 0 Å². The van der Waals surface area contributed by atoms with Crippen LogP contribution in [0.1, 0.15) is 22.8 Å². The van der Waals surface area contributed by atoms with Gasteiger partial charge >= 0.3 is 0 Å². The van der Waals surface area contributed by atoms with Gasteiger partial charge in [0.05, 0.1) is 0 Å². The number of aryl methyl sites for hydroxylation is 4. The van der Waals surface area contributed by atoms with Gasteiger partial charge in [0.15, 0.2) is 11.6 Å². The first kappa shape index (κ1) is 25.7. The Morgan fingerprint density at radius 1 is 0.333 bits per heavy atom. The molecule has 0 saturated carbocycles. The molecular weight excluding hydrogens is 512 g/mol. The van der Waals surface area contributed by atoms with Gasteiger partial charge in [0.1, 0.15) is 0 Å². The summed E-state index contributed by atoms with van der Waals surface area (Å²) in [5.74, 6) is 1.53. The average Bonchev–Trinajstić information content (AvgIpc) is 2.99. The van der Waals surface area contributed by atoms with Crippen molar-refractivity contribution in [2.45, 2.75) is 27.7 Å². The van der Waals surface area contributed by atoms with Crippen LogP contribution in [-0.4, -0.2) is 19.9 Å². The van der Waals surface area contributed by atoms with Crippen molar-refractivity contribution in [3.8, 4) is 45.0 Å². The topological polar surface area (TPSA) is 51.6 Å². The predicted octanol–water partition coefficient (Wildman–Crippen LogP) is 9.47. The van der Waals surface area contributed by atoms with E-state index in [0.29, 0.717) is 0 Å². The van der Waals surface area contributed by atoms with Crippen LogP contribution >= 0.6 is 0 Å². The van der Waals surface area contributed by atoms with Crippen LogP contribution in [0, 0.1) is 27.7 Å². The molecule has 4 heteroatoms. The van der Waals surface area contributed by atoms with E-state index in [4.69, 9.17) is 0 Å². The van der Waals surface area contributed by atoms with Crippen molar-refractivity contribution in [2.24, 2.45) is 0 Å². The third-order valence-corrected chi connectivity index (χ3v) is 7.76. The molecule has 202 valence electrons. The van der Waals surface area contributed by atoms with Crippen LogP contribution in [0.5, 0.6) is 0 Å². The summed E-state index contributed by atoms with van der Waals surface area (Å²) in [4.78, 5) is 18.7. The number of benzene rings is 5. The van der Waals surface area contributed by atoms with Gasteiger partial charge in [0.2, 0.25) is 0 Å². The molecule has 0 spiro atoms. The summed E-state index contributed by atoms with van der Waals surface area (Å²) in [6.07, 6.45) is 0. The SMILES string of the molecule is Cc1cc(C)nc(-c2ccc(-c3c4ccccc4c(-c4ccc(-c5nc(C)cc(C)n5)cc4)c4ccccc34)cc2)n1. The smallest absolute Gasteiger partial charge is 0.159 e. The molecule has 0 aliphatic heterocycles. The highest BCUT2D eigenvalue weighted by molar-refractivity contribution is 6.21. The third-order valence-electron chi connectivity index (χ3n) is 7.76. The molecule has 4 nitrogen and oxygen atoms in total. The zero-order valence-corrected chi connectivity index (χ0v) is 24.2. The maximum absolute atomic E-state index is 4.67. The Hall–Kier alpha value is -5.22. The van der Waals surface area contributed by atoms with Crippen molar-refractivity contribution in [3.63, 3.8) is 0 Å². The third kappa shape index (κ3) is 4.61. The second kappa shape index (κ2) is 10.3. The molecular formula is C38H30N4. The fourth-order valence-electron chi connectivity index (χ4n) is 6.03. The molecule has 0 atom stereocenters. The van der Waals surface area contributed by atoms with Crippen molar-refractivity contribution >= 4 is 21.5 Å². The van der Waals surface area contributed by atoms with Crippen molar-refractivity contribution in [1.82, 2.24) is 19.9 Å². The monoisotopic (exact) mass is 542 g/mol. The van der Waals surface area contributed by atoms with Gasteiger partial charge in [-0.25, -0.2) is 19.9 Å². The molecule has 0 aliphatic carbocycles. The lowest BCUT2D eigenvalue weighted by Crippen LogP contribution is -1.95. The van der Waals surface area contributed by atoms with Crippen LogP contribution in [0.3, 0.4) is 0 Å². The molecule has 0 radical (unpaired) electrons. The lowest BCUT2D eigenvalue weighted by Gasteiger charge is -2.18. The van der Waals surface area contributed by atoms with Gasteiger partial charge in [-0.3, -0.25) is 0 Å². The maximum Gasteiger partial charge on any atom is 0.159 e. The lowest BCUT2D eigenvalue weighted by molar-refractivity contribution is 1.06. The number of nitrogens with zero attached hydrogens (tertiary/aromatic N) is 4. The molecule has 0 aliphatic rings. The highest BCUT2D eigenvalue weighted by Crippen LogP contribution is 2.44. The number of aromatic nitrogens is 4. The van der Waals surface area contributed by atoms with Gasteiger partial charge in [-0.1, -0.05) is 97.1 Å². The Kier molecular flexibility index (Phi) is 6.32. The molecule has 7 aromatic rings. The molecule has 42 heavy (non-hydrogen) atoms. The summed E-state index contributed by atoms with van der Waals surface area (Å²) >= 11 is 0. The zero-order chi connectivity index (χ0) is 28.8. The first-order valence-corrected chi connectivity index (χ1v) is 14.2. The lowest BCUT2D eigenvalue weighted by atomic mass is 9.85. The molecule has 0 bridgehead atoms. The van der Waals surface area contributed by atoms with Crippen molar-refractivity contribution < 1.29 is 0 Å². The Bertz CT molecular complexity index is 1860. The minimum atomic E-state index is 0.763. The summed E-state index contributed by atoms with van der Waals surface area (Å²) in [5, 5.41) is 4.90. The van der Waals surface area contributed by atoms with Crippen molar-refractivity contribution in [3.05, 3.63) is 132 Å². The van der Waals surface area contributed by atoms with Gasteiger partial charge < -0.3 is 0 Å². The van der Waals surface area contributed by atoms with Crippen LogP contribution in [0.2, 0.25) is 0 Å². The van der Waals surface area contributed by atoms with E-state index >= 15 is 0 Å². The predicted molar refractivity (Wildman–Crippen MR) is 173 cm³/mol. The van der Waals surface area contributed by atoms with E-state index < -0.39 is 0 Å². The number of rotatable bonds is 4. The quantitative estimate of drug-likeness (QED) is 0.208. The van der Waals surface area contributed by atoms with E-state index in [1.165, 1.54) is 43.8 Å². The Labute approximate surface area is 245 Å². The molecule has 2 aromatic heterocycles. The molecule has 0 unspecified atom stereocenters. The molecule has 5 aromatic carbocycles. The van der Waals surface area contributed by atoms with Gasteiger partial charge in [0.25, 0.3) is 0 Å². The van der Waals surface area contributed by atoms with Crippen molar-refractivity contribution in [1.29, 1.82) is 0 Å². The van der Waals surface area contributed by atoms with Crippen molar-refractivity contribution in [2.75, 3.05) is 0 Å². The van der Waals surface area contributed by atoms with Crippen LogP contribution in [0.4, 0.5) is 0 Å². The molecule has 0 saturated heterocycles. The Morgan fingerprint density at radius 3 is 0.881 bits per heavy atom.